The number of nitrogens with zero attached hydrogens (tertiary/aromatic N) is 2. The van der Waals surface area contributed by atoms with Crippen LogP contribution in [0.15, 0.2) is 54.7 Å². The minimum absolute atomic E-state index is 0.140. The van der Waals surface area contributed by atoms with Gasteiger partial charge in [-0.1, -0.05) is 18.2 Å². The van der Waals surface area contributed by atoms with E-state index in [1.54, 1.807) is 41.2 Å². The monoisotopic (exact) mass is 535 g/mol. The number of hydrogen-bond acceptors (Lipinski definition) is 8. The van der Waals surface area contributed by atoms with E-state index in [4.69, 9.17) is 14.2 Å². The zero-order valence-corrected chi connectivity index (χ0v) is 23.2. The van der Waals surface area contributed by atoms with Crippen LogP contribution in [-0.4, -0.2) is 54.9 Å². The van der Waals surface area contributed by atoms with Gasteiger partial charge in [0, 0.05) is 37.0 Å². The second-order valence-corrected chi connectivity index (χ2v) is 9.79. The number of nitrogens with one attached hydrogen (secondary N) is 3. The van der Waals surface area contributed by atoms with Gasteiger partial charge in [0.25, 0.3) is 0 Å². The van der Waals surface area contributed by atoms with E-state index in [1.807, 2.05) is 48.5 Å². The first-order chi connectivity index (χ1) is 18.7. The average Bonchev–Trinajstić information content (AvgIpc) is 2.90. The molecule has 0 bridgehead atoms. The summed E-state index contributed by atoms with van der Waals surface area (Å²) in [5.41, 5.74) is 2.79. The smallest absolute Gasteiger partial charge is 0.407 e. The largest absolute Gasteiger partial charge is 0.493 e. The third kappa shape index (κ3) is 9.81. The predicted molar refractivity (Wildman–Crippen MR) is 151 cm³/mol. The number of aromatic nitrogens is 2. The molecule has 0 saturated heterocycles. The molecule has 2 amide bonds. The summed E-state index contributed by atoms with van der Waals surface area (Å²) in [6.07, 6.45) is 2.72. The van der Waals surface area contributed by atoms with Crippen molar-refractivity contribution >= 4 is 23.6 Å². The molecule has 0 fully saturated rings. The molecule has 39 heavy (non-hydrogen) atoms. The van der Waals surface area contributed by atoms with Crippen LogP contribution in [0.4, 0.5) is 16.4 Å². The van der Waals surface area contributed by atoms with Crippen LogP contribution in [0.3, 0.4) is 0 Å². The lowest BCUT2D eigenvalue weighted by atomic mass is 10.1. The van der Waals surface area contributed by atoms with Crippen LogP contribution in [0.5, 0.6) is 11.5 Å². The van der Waals surface area contributed by atoms with Gasteiger partial charge in [-0.3, -0.25) is 4.79 Å². The Labute approximate surface area is 229 Å². The molecule has 3 N–H and O–H groups in total. The van der Waals surface area contributed by atoms with Gasteiger partial charge < -0.3 is 30.2 Å². The van der Waals surface area contributed by atoms with E-state index in [9.17, 15) is 9.59 Å². The summed E-state index contributed by atoms with van der Waals surface area (Å²) in [6, 6.07) is 15.1. The Morgan fingerprint density at radius 1 is 0.949 bits per heavy atom. The van der Waals surface area contributed by atoms with Crippen LogP contribution in [0, 0.1) is 0 Å². The van der Waals surface area contributed by atoms with E-state index in [0.29, 0.717) is 42.6 Å². The summed E-state index contributed by atoms with van der Waals surface area (Å²) >= 11 is 0. The second-order valence-electron chi connectivity index (χ2n) is 9.79. The number of alkyl carbamates (subject to hydrolysis) is 1. The van der Waals surface area contributed by atoms with Crippen molar-refractivity contribution in [1.82, 2.24) is 15.3 Å². The van der Waals surface area contributed by atoms with Crippen molar-refractivity contribution in [2.45, 2.75) is 45.6 Å². The normalized spacial score (nSPS) is 10.9. The van der Waals surface area contributed by atoms with Crippen LogP contribution >= 0.6 is 0 Å². The Balaban J connectivity index is 1.50. The molecular weight excluding hydrogens is 498 g/mol. The first-order valence-electron chi connectivity index (χ1n) is 12.8. The third-order valence-corrected chi connectivity index (χ3v) is 5.49. The molecule has 1 heterocycles. The summed E-state index contributed by atoms with van der Waals surface area (Å²) in [7, 11) is 3.23. The lowest BCUT2D eigenvalue weighted by Gasteiger charge is -2.19. The van der Waals surface area contributed by atoms with Gasteiger partial charge in [0.1, 0.15) is 5.60 Å². The van der Waals surface area contributed by atoms with Crippen molar-refractivity contribution in [2.75, 3.05) is 37.9 Å². The molecule has 0 unspecified atom stereocenters. The molecule has 10 heteroatoms. The van der Waals surface area contributed by atoms with Crippen LogP contribution in [0.25, 0.3) is 11.3 Å². The van der Waals surface area contributed by atoms with E-state index in [-0.39, 0.29) is 12.3 Å². The standard InChI is InChI=1S/C29H37N5O5/c1-29(2,3)39-28(36)32-15-7-10-26(35)33-22-9-6-8-21(19-22)23-14-17-31-27(34-23)30-16-13-20-11-12-24(37-4)25(18-20)38-5/h6,8-9,11-12,14,17-19H,7,10,13,15-16H2,1-5H3,(H,32,36)(H,33,35)(H,30,31,34). The molecule has 0 atom stereocenters. The second kappa shape index (κ2) is 14.0. The molecule has 0 saturated carbocycles. The van der Waals surface area contributed by atoms with E-state index >= 15 is 0 Å². The molecule has 0 aliphatic rings. The molecule has 2 aromatic carbocycles. The van der Waals surface area contributed by atoms with Gasteiger partial charge in [0.2, 0.25) is 11.9 Å². The Morgan fingerprint density at radius 2 is 1.74 bits per heavy atom. The van der Waals surface area contributed by atoms with Gasteiger partial charge in [0.15, 0.2) is 11.5 Å². The maximum absolute atomic E-state index is 12.4. The van der Waals surface area contributed by atoms with Crippen LogP contribution in [-0.2, 0) is 16.0 Å². The van der Waals surface area contributed by atoms with Gasteiger partial charge in [-0.25, -0.2) is 14.8 Å². The molecule has 10 nitrogen and oxygen atoms in total. The molecule has 208 valence electrons. The molecule has 3 aromatic rings. The zero-order valence-electron chi connectivity index (χ0n) is 23.2. The average molecular weight is 536 g/mol. The topological polar surface area (TPSA) is 124 Å². The summed E-state index contributed by atoms with van der Waals surface area (Å²) in [5.74, 6) is 1.76. The van der Waals surface area contributed by atoms with E-state index < -0.39 is 11.7 Å². The van der Waals surface area contributed by atoms with Gasteiger partial charge in [0.05, 0.1) is 19.9 Å². The highest BCUT2D eigenvalue weighted by atomic mass is 16.6. The maximum Gasteiger partial charge on any atom is 0.407 e. The molecule has 0 spiro atoms. The highest BCUT2D eigenvalue weighted by Crippen LogP contribution is 2.27. The summed E-state index contributed by atoms with van der Waals surface area (Å²) in [6.45, 7) is 6.39. The number of amides is 2. The number of hydrogen-bond donors (Lipinski definition) is 3. The predicted octanol–water partition coefficient (Wildman–Crippen LogP) is 5.06. The van der Waals surface area contributed by atoms with Crippen molar-refractivity contribution in [3.63, 3.8) is 0 Å². The SMILES string of the molecule is COc1ccc(CCNc2nccc(-c3cccc(NC(=O)CCCNC(=O)OC(C)(C)C)c3)n2)cc1OC. The highest BCUT2D eigenvalue weighted by molar-refractivity contribution is 5.91. The van der Waals surface area contributed by atoms with Crippen molar-refractivity contribution in [1.29, 1.82) is 0 Å². The van der Waals surface area contributed by atoms with Crippen LogP contribution < -0.4 is 25.4 Å². The fourth-order valence-corrected chi connectivity index (χ4v) is 3.69. The fourth-order valence-electron chi connectivity index (χ4n) is 3.69. The number of benzene rings is 2. The number of rotatable bonds is 12. The first kappa shape index (κ1) is 29.2. The molecule has 0 radical (unpaired) electrons. The lowest BCUT2D eigenvalue weighted by Crippen LogP contribution is -2.33. The Morgan fingerprint density at radius 3 is 2.49 bits per heavy atom. The van der Waals surface area contributed by atoms with Crippen LogP contribution in [0.1, 0.15) is 39.2 Å². The number of carbonyl (C=O) groups excluding carboxylic acids is 2. The number of anilines is 2. The maximum atomic E-state index is 12.4. The van der Waals surface area contributed by atoms with Gasteiger partial charge in [-0.15, -0.1) is 0 Å². The van der Waals surface area contributed by atoms with Crippen molar-refractivity contribution in [3.05, 3.63) is 60.3 Å². The molecule has 0 aliphatic heterocycles. The molecular formula is C29H37N5O5. The van der Waals surface area contributed by atoms with Gasteiger partial charge in [-0.05, 0) is 69.5 Å². The minimum Gasteiger partial charge on any atom is -0.493 e. The van der Waals surface area contributed by atoms with Gasteiger partial charge in [-0.2, -0.15) is 0 Å². The molecule has 3 rings (SSSR count). The summed E-state index contributed by atoms with van der Waals surface area (Å²) in [4.78, 5) is 33.0. The number of ether oxygens (including phenoxy) is 3. The molecule has 1 aromatic heterocycles. The van der Waals surface area contributed by atoms with Gasteiger partial charge >= 0.3 is 6.09 Å². The zero-order chi connectivity index (χ0) is 28.3. The Bertz CT molecular complexity index is 1260. The number of carbonyl (C=O) groups is 2. The minimum atomic E-state index is -0.557. The van der Waals surface area contributed by atoms with E-state index in [0.717, 1.165) is 23.2 Å². The lowest BCUT2D eigenvalue weighted by molar-refractivity contribution is -0.116. The van der Waals surface area contributed by atoms with E-state index in [1.165, 1.54) is 0 Å². The van der Waals surface area contributed by atoms with E-state index in [2.05, 4.69) is 25.9 Å². The molecule has 0 aliphatic carbocycles. The third-order valence-electron chi connectivity index (χ3n) is 5.49. The van der Waals surface area contributed by atoms with Crippen molar-refractivity contribution in [3.8, 4) is 22.8 Å². The van der Waals surface area contributed by atoms with Crippen molar-refractivity contribution < 1.29 is 23.8 Å². The summed E-state index contributed by atoms with van der Waals surface area (Å²) < 4.78 is 15.8. The fraction of sp³-hybridized carbons (Fsp3) is 0.379. The Hall–Kier alpha value is -4.34. The van der Waals surface area contributed by atoms with Crippen molar-refractivity contribution in [2.24, 2.45) is 0 Å². The number of methoxy groups -OCH3 is 2. The quantitative estimate of drug-likeness (QED) is 0.275. The summed E-state index contributed by atoms with van der Waals surface area (Å²) in [5, 5.41) is 8.82. The van der Waals surface area contributed by atoms with Crippen LogP contribution in [0.2, 0.25) is 0 Å². The highest BCUT2D eigenvalue weighted by Gasteiger charge is 2.15. The Kier molecular flexibility index (Phi) is 10.5. The first-order valence-corrected chi connectivity index (χ1v) is 12.8.